The van der Waals surface area contributed by atoms with Gasteiger partial charge < -0.3 is 19.3 Å². The fourth-order valence-electron chi connectivity index (χ4n) is 3.96. The van der Waals surface area contributed by atoms with E-state index in [1.54, 1.807) is 0 Å². The molecule has 0 unspecified atom stereocenters. The van der Waals surface area contributed by atoms with E-state index in [2.05, 4.69) is 28.9 Å². The van der Waals surface area contributed by atoms with E-state index in [1.807, 2.05) is 0 Å². The number of rotatable bonds is 3. The molecule has 6 heteroatoms. The molecule has 3 aliphatic heterocycles. The average Bonchev–Trinajstić information content (AvgIpc) is 3.03. The molecule has 0 radical (unpaired) electrons. The highest BCUT2D eigenvalue weighted by atomic mass is 16.7. The summed E-state index contributed by atoms with van der Waals surface area (Å²) in [5.74, 6) is 1.67. The van der Waals surface area contributed by atoms with Crippen molar-refractivity contribution in [3.63, 3.8) is 0 Å². The monoisotopic (exact) mass is 334 g/mol. The number of aryl methyl sites for hydroxylation is 1. The van der Waals surface area contributed by atoms with Crippen LogP contribution in [-0.4, -0.2) is 73.2 Å². The highest BCUT2D eigenvalue weighted by molar-refractivity contribution is 5.48. The summed E-state index contributed by atoms with van der Waals surface area (Å²) in [6, 6.07) is 4.40. The van der Waals surface area contributed by atoms with Crippen LogP contribution in [0.15, 0.2) is 12.1 Å². The van der Waals surface area contributed by atoms with Crippen molar-refractivity contribution in [2.45, 2.75) is 32.0 Å². The van der Waals surface area contributed by atoms with E-state index in [0.29, 0.717) is 6.79 Å². The lowest BCUT2D eigenvalue weighted by Gasteiger charge is -2.43. The quantitative estimate of drug-likeness (QED) is 0.890. The fourth-order valence-corrected chi connectivity index (χ4v) is 3.96. The molecule has 24 heavy (non-hydrogen) atoms. The van der Waals surface area contributed by atoms with Crippen LogP contribution in [0.1, 0.15) is 17.5 Å². The molecule has 4 rings (SSSR count). The minimum atomic E-state index is -0.300. The van der Waals surface area contributed by atoms with Crippen molar-refractivity contribution in [2.24, 2.45) is 0 Å². The molecule has 6 nitrogen and oxygen atoms in total. The third kappa shape index (κ3) is 3.24. The molecule has 0 bridgehead atoms. The molecule has 2 atom stereocenters. The molecule has 132 valence electrons. The predicted molar refractivity (Wildman–Crippen MR) is 89.4 cm³/mol. The number of aliphatic hydroxyl groups excluding tert-OH is 1. The van der Waals surface area contributed by atoms with Crippen LogP contribution in [-0.2, 0) is 11.3 Å². The first-order chi connectivity index (χ1) is 11.7. The first kappa shape index (κ1) is 16.1. The van der Waals surface area contributed by atoms with Gasteiger partial charge in [0.25, 0.3) is 0 Å². The number of hydrogen-bond acceptors (Lipinski definition) is 6. The predicted octanol–water partition coefficient (Wildman–Crippen LogP) is 0.991. The number of ether oxygens (including phenoxy) is 3. The summed E-state index contributed by atoms with van der Waals surface area (Å²) < 4.78 is 16.3. The fraction of sp³-hybridized carbons (Fsp3) is 0.667. The van der Waals surface area contributed by atoms with E-state index in [4.69, 9.17) is 14.2 Å². The molecule has 3 heterocycles. The number of likely N-dealkylation sites (tertiary alicyclic amines) is 1. The van der Waals surface area contributed by atoms with E-state index >= 15 is 0 Å². The molecule has 1 aromatic rings. The maximum atomic E-state index is 10.6. The molecule has 0 amide bonds. The van der Waals surface area contributed by atoms with Gasteiger partial charge in [-0.2, -0.15) is 0 Å². The van der Waals surface area contributed by atoms with Crippen molar-refractivity contribution in [1.82, 2.24) is 9.80 Å². The Labute approximate surface area is 142 Å². The maximum Gasteiger partial charge on any atom is 0.231 e. The Kier molecular flexibility index (Phi) is 4.63. The maximum absolute atomic E-state index is 10.6. The summed E-state index contributed by atoms with van der Waals surface area (Å²) in [5, 5.41) is 10.6. The molecule has 1 N–H and O–H groups in total. The molecule has 2 saturated heterocycles. The van der Waals surface area contributed by atoms with Crippen LogP contribution >= 0.6 is 0 Å². The van der Waals surface area contributed by atoms with Gasteiger partial charge in [-0.1, -0.05) is 0 Å². The summed E-state index contributed by atoms with van der Waals surface area (Å²) in [6.45, 7) is 8.41. The second-order valence-corrected chi connectivity index (χ2v) is 6.94. The lowest BCUT2D eigenvalue weighted by Crippen LogP contribution is -2.56. The zero-order chi connectivity index (χ0) is 16.5. The van der Waals surface area contributed by atoms with Crippen molar-refractivity contribution in [2.75, 3.05) is 46.2 Å². The summed E-state index contributed by atoms with van der Waals surface area (Å²) >= 11 is 0. The summed E-state index contributed by atoms with van der Waals surface area (Å²) in [5.41, 5.74) is 2.46. The van der Waals surface area contributed by atoms with Gasteiger partial charge in [-0.15, -0.1) is 0 Å². The highest BCUT2D eigenvalue weighted by Crippen LogP contribution is 2.35. The van der Waals surface area contributed by atoms with Crippen molar-refractivity contribution in [1.29, 1.82) is 0 Å². The Morgan fingerprint density at radius 2 is 1.88 bits per heavy atom. The Hall–Kier alpha value is -1.34. The number of benzene rings is 1. The molecule has 1 aromatic carbocycles. The van der Waals surface area contributed by atoms with Crippen molar-refractivity contribution < 1.29 is 19.3 Å². The van der Waals surface area contributed by atoms with E-state index in [-0.39, 0.29) is 12.1 Å². The van der Waals surface area contributed by atoms with Crippen molar-refractivity contribution in [3.05, 3.63) is 23.3 Å². The SMILES string of the molecule is Cc1cc2c(cc1CN1CC[C@@H](N3CCOCC3)[C@H](O)C1)OCO2. The van der Waals surface area contributed by atoms with Gasteiger partial charge in [-0.05, 0) is 36.6 Å². The Morgan fingerprint density at radius 1 is 1.12 bits per heavy atom. The van der Waals surface area contributed by atoms with Crippen LogP contribution in [0.4, 0.5) is 0 Å². The number of fused-ring (bicyclic) bond motifs is 1. The number of hydrogen-bond donors (Lipinski definition) is 1. The lowest BCUT2D eigenvalue weighted by molar-refractivity contribution is -0.0534. The minimum Gasteiger partial charge on any atom is -0.454 e. The number of β-amino-alcohol motifs (C(OH)–C–C–N with tert-alkyl or cyclic N) is 1. The van der Waals surface area contributed by atoms with Crippen LogP contribution in [0.3, 0.4) is 0 Å². The molecule has 0 aromatic heterocycles. The Balaban J connectivity index is 1.39. The van der Waals surface area contributed by atoms with Gasteiger partial charge in [-0.25, -0.2) is 0 Å². The Morgan fingerprint density at radius 3 is 2.62 bits per heavy atom. The second kappa shape index (κ2) is 6.88. The number of nitrogens with zero attached hydrogens (tertiary/aromatic N) is 2. The third-order valence-electron chi connectivity index (χ3n) is 5.37. The molecule has 0 saturated carbocycles. The Bertz CT molecular complexity index is 589. The normalized spacial score (nSPS) is 28.2. The highest BCUT2D eigenvalue weighted by Gasteiger charge is 2.33. The topological polar surface area (TPSA) is 54.4 Å². The first-order valence-electron chi connectivity index (χ1n) is 8.82. The third-order valence-corrected chi connectivity index (χ3v) is 5.37. The number of aliphatic hydroxyl groups is 1. The average molecular weight is 334 g/mol. The van der Waals surface area contributed by atoms with Gasteiger partial charge in [0.05, 0.1) is 19.3 Å². The van der Waals surface area contributed by atoms with Gasteiger partial charge in [0.15, 0.2) is 11.5 Å². The molecular formula is C18H26N2O4. The molecule has 2 fully saturated rings. The first-order valence-corrected chi connectivity index (χ1v) is 8.82. The second-order valence-electron chi connectivity index (χ2n) is 6.94. The van der Waals surface area contributed by atoms with E-state index < -0.39 is 0 Å². The van der Waals surface area contributed by atoms with Gasteiger partial charge >= 0.3 is 0 Å². The summed E-state index contributed by atoms with van der Waals surface area (Å²) in [4.78, 5) is 4.73. The van der Waals surface area contributed by atoms with Crippen molar-refractivity contribution >= 4 is 0 Å². The zero-order valence-corrected chi connectivity index (χ0v) is 14.2. The van der Waals surface area contributed by atoms with Gasteiger partial charge in [0, 0.05) is 38.8 Å². The minimum absolute atomic E-state index is 0.267. The van der Waals surface area contributed by atoms with Crippen LogP contribution < -0.4 is 9.47 Å². The van der Waals surface area contributed by atoms with Crippen molar-refractivity contribution in [3.8, 4) is 11.5 Å². The smallest absolute Gasteiger partial charge is 0.231 e. The molecule has 3 aliphatic rings. The van der Waals surface area contributed by atoms with E-state index in [9.17, 15) is 5.11 Å². The largest absolute Gasteiger partial charge is 0.454 e. The number of piperidine rings is 1. The standard InChI is InChI=1S/C18H26N2O4/c1-13-8-17-18(24-12-23-17)9-14(13)10-19-3-2-15(16(21)11-19)20-4-6-22-7-5-20/h8-9,15-16,21H,2-7,10-12H2,1H3/t15-,16-/m1/s1. The van der Waals surface area contributed by atoms with Crippen LogP contribution in [0.2, 0.25) is 0 Å². The van der Waals surface area contributed by atoms with Crippen LogP contribution in [0.5, 0.6) is 11.5 Å². The van der Waals surface area contributed by atoms with Crippen LogP contribution in [0.25, 0.3) is 0 Å². The molecule has 0 spiro atoms. The van der Waals surface area contributed by atoms with Gasteiger partial charge in [-0.3, -0.25) is 9.80 Å². The summed E-state index contributed by atoms with van der Waals surface area (Å²) in [6.07, 6.45) is 0.705. The molecular weight excluding hydrogens is 308 g/mol. The van der Waals surface area contributed by atoms with Gasteiger partial charge in [0.2, 0.25) is 6.79 Å². The van der Waals surface area contributed by atoms with Gasteiger partial charge in [0.1, 0.15) is 0 Å². The van der Waals surface area contributed by atoms with Crippen LogP contribution in [0, 0.1) is 6.92 Å². The summed E-state index contributed by atoms with van der Waals surface area (Å²) in [7, 11) is 0. The lowest BCUT2D eigenvalue weighted by atomic mass is 9.98. The number of morpholine rings is 1. The van der Waals surface area contributed by atoms with E-state index in [1.165, 1.54) is 11.1 Å². The molecule has 0 aliphatic carbocycles. The van der Waals surface area contributed by atoms with E-state index in [0.717, 1.165) is 63.9 Å². The zero-order valence-electron chi connectivity index (χ0n) is 14.2.